The Balaban J connectivity index is 2.15. The summed E-state index contributed by atoms with van der Waals surface area (Å²) in [5, 5.41) is 0. The number of ether oxygens (including phenoxy) is 1. The van der Waals surface area contributed by atoms with Gasteiger partial charge >= 0.3 is 0 Å². The van der Waals surface area contributed by atoms with Gasteiger partial charge in [0.2, 0.25) is 0 Å². The van der Waals surface area contributed by atoms with E-state index in [1.165, 1.54) is 17.3 Å². The second kappa shape index (κ2) is 7.51. The molecule has 0 unspecified atom stereocenters. The van der Waals surface area contributed by atoms with Crippen molar-refractivity contribution in [3.63, 3.8) is 0 Å². The molecular formula is C11H14BrIO. The monoisotopic (exact) mass is 368 g/mol. The quantitative estimate of drug-likeness (QED) is 0.410. The third kappa shape index (κ3) is 5.20. The Morgan fingerprint density at radius 1 is 1.07 bits per heavy atom. The molecule has 3 heteroatoms. The van der Waals surface area contributed by atoms with Gasteiger partial charge in [-0.3, -0.25) is 0 Å². The summed E-state index contributed by atoms with van der Waals surface area (Å²) in [6, 6.07) is 7.98. The van der Waals surface area contributed by atoms with Crippen LogP contribution in [0.25, 0.3) is 0 Å². The van der Waals surface area contributed by atoms with E-state index in [4.69, 9.17) is 4.74 Å². The number of alkyl halides is 1. The van der Waals surface area contributed by atoms with Gasteiger partial charge in [0.25, 0.3) is 0 Å². The molecule has 0 aliphatic carbocycles. The van der Waals surface area contributed by atoms with Crippen LogP contribution in [-0.4, -0.2) is 11.0 Å². The molecular weight excluding hydrogens is 355 g/mol. The van der Waals surface area contributed by atoms with Crippen molar-refractivity contribution in [2.75, 3.05) is 11.0 Å². The lowest BCUT2D eigenvalue weighted by Crippen LogP contribution is -1.96. The van der Waals surface area contributed by atoms with Crippen LogP contribution in [0.2, 0.25) is 0 Å². The minimum Gasteiger partial charge on any atom is -0.494 e. The lowest BCUT2D eigenvalue weighted by Gasteiger charge is -2.05. The van der Waals surface area contributed by atoms with Gasteiger partial charge in [-0.05, 0) is 48.0 Å². The lowest BCUT2D eigenvalue weighted by molar-refractivity contribution is 0.306. The van der Waals surface area contributed by atoms with E-state index in [1.807, 2.05) is 24.3 Å². The molecule has 1 rings (SSSR count). The van der Waals surface area contributed by atoms with E-state index in [0.29, 0.717) is 0 Å². The van der Waals surface area contributed by atoms with E-state index in [-0.39, 0.29) is 0 Å². The number of halogens is 2. The fourth-order valence-corrected chi connectivity index (χ4v) is 1.90. The zero-order valence-electron chi connectivity index (χ0n) is 8.01. The summed E-state index contributed by atoms with van der Waals surface area (Å²) in [6.07, 6.45) is 3.71. The molecule has 0 N–H and O–H groups in total. The second-order valence-corrected chi connectivity index (χ2v) is 5.05. The van der Waals surface area contributed by atoms with Crippen molar-refractivity contribution in [3.8, 4) is 5.75 Å². The Hall–Kier alpha value is 0.230. The highest BCUT2D eigenvalue weighted by molar-refractivity contribution is 14.1. The van der Waals surface area contributed by atoms with Gasteiger partial charge in [0.05, 0.1) is 6.61 Å². The van der Waals surface area contributed by atoms with Crippen molar-refractivity contribution in [1.29, 1.82) is 0 Å². The topological polar surface area (TPSA) is 9.23 Å². The highest BCUT2D eigenvalue weighted by atomic mass is 127. The minimum atomic E-state index is 0.832. The highest BCUT2D eigenvalue weighted by Crippen LogP contribution is 2.16. The van der Waals surface area contributed by atoms with Crippen molar-refractivity contribution >= 4 is 38.5 Å². The van der Waals surface area contributed by atoms with Crippen molar-refractivity contribution in [2.45, 2.75) is 19.3 Å². The molecule has 1 aromatic carbocycles. The van der Waals surface area contributed by atoms with E-state index in [2.05, 4.69) is 38.5 Å². The van der Waals surface area contributed by atoms with E-state index in [0.717, 1.165) is 23.2 Å². The number of unbranched alkanes of at least 4 members (excludes halogenated alkanes) is 2. The standard InChI is InChI=1S/C11H14BrIO/c12-10-4-6-11(7-5-10)14-9-3-1-2-8-13/h4-7H,1-3,8-9H2. The third-order valence-corrected chi connectivity index (χ3v) is 3.15. The Kier molecular flexibility index (Phi) is 6.60. The summed E-state index contributed by atoms with van der Waals surface area (Å²) in [5.74, 6) is 0.961. The van der Waals surface area contributed by atoms with Crippen molar-refractivity contribution < 1.29 is 4.74 Å². The van der Waals surface area contributed by atoms with Gasteiger partial charge in [-0.1, -0.05) is 38.5 Å². The van der Waals surface area contributed by atoms with Crippen molar-refractivity contribution in [2.24, 2.45) is 0 Å². The maximum absolute atomic E-state index is 5.58. The summed E-state index contributed by atoms with van der Waals surface area (Å²) >= 11 is 5.80. The summed E-state index contributed by atoms with van der Waals surface area (Å²) < 4.78 is 7.92. The fourth-order valence-electron chi connectivity index (χ4n) is 1.09. The van der Waals surface area contributed by atoms with Crippen LogP contribution in [0.15, 0.2) is 28.7 Å². The third-order valence-electron chi connectivity index (χ3n) is 1.86. The van der Waals surface area contributed by atoms with Gasteiger partial charge < -0.3 is 4.74 Å². The molecule has 0 amide bonds. The van der Waals surface area contributed by atoms with Crippen LogP contribution in [0.4, 0.5) is 0 Å². The summed E-state index contributed by atoms with van der Waals surface area (Å²) in [6.45, 7) is 0.832. The first-order valence-corrected chi connectivity index (χ1v) is 7.09. The highest BCUT2D eigenvalue weighted by Gasteiger charge is 1.93. The van der Waals surface area contributed by atoms with E-state index in [1.54, 1.807) is 0 Å². The van der Waals surface area contributed by atoms with Gasteiger partial charge in [0, 0.05) is 4.47 Å². The molecule has 0 aliphatic rings. The van der Waals surface area contributed by atoms with E-state index < -0.39 is 0 Å². The van der Waals surface area contributed by atoms with Crippen LogP contribution < -0.4 is 4.74 Å². The van der Waals surface area contributed by atoms with Crippen LogP contribution in [-0.2, 0) is 0 Å². The fraction of sp³-hybridized carbons (Fsp3) is 0.455. The Morgan fingerprint density at radius 2 is 1.79 bits per heavy atom. The minimum absolute atomic E-state index is 0.832. The van der Waals surface area contributed by atoms with Crippen LogP contribution in [0.5, 0.6) is 5.75 Å². The zero-order chi connectivity index (χ0) is 10.2. The summed E-state index contributed by atoms with van der Waals surface area (Å²) in [4.78, 5) is 0. The molecule has 1 aromatic rings. The smallest absolute Gasteiger partial charge is 0.119 e. The molecule has 0 heterocycles. The molecule has 0 aromatic heterocycles. The van der Waals surface area contributed by atoms with Crippen LogP contribution in [0.1, 0.15) is 19.3 Å². The van der Waals surface area contributed by atoms with Gasteiger partial charge in [-0.25, -0.2) is 0 Å². The van der Waals surface area contributed by atoms with Crippen LogP contribution in [0, 0.1) is 0 Å². The predicted molar refractivity (Wildman–Crippen MR) is 72.4 cm³/mol. The Morgan fingerprint density at radius 3 is 2.43 bits per heavy atom. The molecule has 0 atom stereocenters. The zero-order valence-corrected chi connectivity index (χ0v) is 11.8. The molecule has 0 fully saturated rings. The molecule has 0 saturated carbocycles. The second-order valence-electron chi connectivity index (χ2n) is 3.05. The van der Waals surface area contributed by atoms with Gasteiger partial charge in [0.1, 0.15) is 5.75 Å². The molecule has 0 bridgehead atoms. The first kappa shape index (κ1) is 12.3. The molecule has 14 heavy (non-hydrogen) atoms. The maximum Gasteiger partial charge on any atom is 0.119 e. The SMILES string of the molecule is Brc1ccc(OCCCCCI)cc1. The Labute approximate surface area is 107 Å². The molecule has 0 saturated heterocycles. The maximum atomic E-state index is 5.58. The summed E-state index contributed by atoms with van der Waals surface area (Å²) in [5.41, 5.74) is 0. The van der Waals surface area contributed by atoms with Gasteiger partial charge in [-0.2, -0.15) is 0 Å². The van der Waals surface area contributed by atoms with Crippen LogP contribution >= 0.6 is 38.5 Å². The van der Waals surface area contributed by atoms with Crippen molar-refractivity contribution in [3.05, 3.63) is 28.7 Å². The number of rotatable bonds is 6. The van der Waals surface area contributed by atoms with E-state index >= 15 is 0 Å². The average molecular weight is 369 g/mol. The lowest BCUT2D eigenvalue weighted by atomic mass is 10.3. The predicted octanol–water partition coefficient (Wildman–Crippen LogP) is 4.43. The molecule has 0 aliphatic heterocycles. The van der Waals surface area contributed by atoms with E-state index in [9.17, 15) is 0 Å². The van der Waals surface area contributed by atoms with Crippen molar-refractivity contribution in [1.82, 2.24) is 0 Å². The normalized spacial score (nSPS) is 10.1. The number of benzene rings is 1. The number of hydrogen-bond acceptors (Lipinski definition) is 1. The van der Waals surface area contributed by atoms with Crippen LogP contribution in [0.3, 0.4) is 0 Å². The Bertz CT molecular complexity index is 248. The molecule has 0 radical (unpaired) electrons. The molecule has 78 valence electrons. The number of hydrogen-bond donors (Lipinski definition) is 0. The first-order valence-electron chi connectivity index (χ1n) is 4.77. The summed E-state index contributed by atoms with van der Waals surface area (Å²) in [7, 11) is 0. The molecule has 0 spiro atoms. The first-order chi connectivity index (χ1) is 6.83. The average Bonchev–Trinajstić information content (AvgIpc) is 2.21. The van der Waals surface area contributed by atoms with Gasteiger partial charge in [0.15, 0.2) is 0 Å². The van der Waals surface area contributed by atoms with Gasteiger partial charge in [-0.15, -0.1) is 0 Å². The largest absolute Gasteiger partial charge is 0.494 e. The molecule has 1 nitrogen and oxygen atoms in total.